The van der Waals surface area contributed by atoms with E-state index in [2.05, 4.69) is 15.5 Å². The van der Waals surface area contributed by atoms with Crippen molar-refractivity contribution in [1.82, 2.24) is 10.2 Å². The Hall–Kier alpha value is -2.44. The molecule has 0 aliphatic rings. The first-order chi connectivity index (χ1) is 12.1. The summed E-state index contributed by atoms with van der Waals surface area (Å²) >= 11 is 7.23. The molecule has 0 aliphatic carbocycles. The Labute approximate surface area is 154 Å². The van der Waals surface area contributed by atoms with Crippen LogP contribution in [-0.2, 0) is 6.42 Å². The minimum absolute atomic E-state index is 0.263. The number of hydrogen-bond acceptors (Lipinski definition) is 5. The van der Waals surface area contributed by atoms with Gasteiger partial charge in [0.15, 0.2) is 0 Å². The summed E-state index contributed by atoms with van der Waals surface area (Å²) < 4.78 is 5.70. The molecule has 1 amide bonds. The standard InChI is InChI=1S/C18H16ClN3O2S/c1-12-4-2-7-15(10-12)24-9-8-16-21-22-18(25-16)20-17(23)13-5-3-6-14(19)11-13/h2-7,10-11H,8-9H2,1H3,(H,20,22,23). The number of aryl methyl sites for hydroxylation is 1. The first-order valence-electron chi connectivity index (χ1n) is 7.69. The summed E-state index contributed by atoms with van der Waals surface area (Å²) in [6.45, 7) is 2.52. The molecular formula is C18H16ClN3O2S. The average Bonchev–Trinajstić information content (AvgIpc) is 3.02. The first kappa shape index (κ1) is 17.4. The number of rotatable bonds is 6. The van der Waals surface area contributed by atoms with Crippen molar-refractivity contribution in [2.75, 3.05) is 11.9 Å². The molecule has 3 aromatic rings. The van der Waals surface area contributed by atoms with Crippen molar-refractivity contribution in [3.05, 3.63) is 69.7 Å². The van der Waals surface area contributed by atoms with E-state index < -0.39 is 0 Å². The highest BCUT2D eigenvalue weighted by atomic mass is 35.5. The van der Waals surface area contributed by atoms with Crippen LogP contribution in [0.4, 0.5) is 5.13 Å². The SMILES string of the molecule is Cc1cccc(OCCc2nnc(NC(=O)c3cccc(Cl)c3)s2)c1. The highest BCUT2D eigenvalue weighted by molar-refractivity contribution is 7.15. The largest absolute Gasteiger partial charge is 0.493 e. The molecule has 1 N–H and O–H groups in total. The second-order valence-corrected chi connectivity index (χ2v) is 6.88. The predicted octanol–water partition coefficient (Wildman–Crippen LogP) is 4.37. The number of halogens is 1. The van der Waals surface area contributed by atoms with Crippen molar-refractivity contribution in [3.8, 4) is 5.75 Å². The molecule has 0 saturated heterocycles. The molecule has 0 aliphatic heterocycles. The average molecular weight is 374 g/mol. The number of carbonyl (C=O) groups is 1. The number of nitrogens with one attached hydrogen (secondary N) is 1. The quantitative estimate of drug-likeness (QED) is 0.696. The van der Waals surface area contributed by atoms with Crippen LogP contribution < -0.4 is 10.1 Å². The second-order valence-electron chi connectivity index (χ2n) is 5.38. The number of nitrogens with zero attached hydrogens (tertiary/aromatic N) is 2. The fraction of sp³-hybridized carbons (Fsp3) is 0.167. The Morgan fingerprint density at radius 1 is 1.20 bits per heavy atom. The van der Waals surface area contributed by atoms with Gasteiger partial charge in [-0.15, -0.1) is 10.2 Å². The summed E-state index contributed by atoms with van der Waals surface area (Å²) in [5.74, 6) is 0.570. The maximum absolute atomic E-state index is 12.2. The summed E-state index contributed by atoms with van der Waals surface area (Å²) in [4.78, 5) is 12.2. The first-order valence-corrected chi connectivity index (χ1v) is 8.88. The van der Waals surface area contributed by atoms with Crippen LogP contribution in [0.2, 0.25) is 5.02 Å². The lowest BCUT2D eigenvalue weighted by Crippen LogP contribution is -2.11. The Morgan fingerprint density at radius 3 is 2.84 bits per heavy atom. The molecule has 0 unspecified atom stereocenters. The van der Waals surface area contributed by atoms with Crippen LogP contribution in [0.15, 0.2) is 48.5 Å². The number of amides is 1. The molecule has 2 aromatic carbocycles. The van der Waals surface area contributed by atoms with Crippen molar-refractivity contribution >= 4 is 34.0 Å². The van der Waals surface area contributed by atoms with E-state index in [0.717, 1.165) is 16.3 Å². The maximum atomic E-state index is 12.2. The van der Waals surface area contributed by atoms with E-state index in [4.69, 9.17) is 16.3 Å². The topological polar surface area (TPSA) is 64.1 Å². The minimum atomic E-state index is -0.263. The van der Waals surface area contributed by atoms with Crippen LogP contribution in [0.25, 0.3) is 0 Å². The van der Waals surface area contributed by atoms with Crippen LogP contribution in [0.1, 0.15) is 20.9 Å². The van der Waals surface area contributed by atoms with Gasteiger partial charge in [0.05, 0.1) is 6.61 Å². The van der Waals surface area contributed by atoms with E-state index in [-0.39, 0.29) is 5.91 Å². The normalized spacial score (nSPS) is 10.5. The fourth-order valence-electron chi connectivity index (χ4n) is 2.17. The van der Waals surface area contributed by atoms with E-state index in [1.54, 1.807) is 24.3 Å². The molecular weight excluding hydrogens is 358 g/mol. The van der Waals surface area contributed by atoms with Crippen LogP contribution in [0, 0.1) is 6.92 Å². The molecule has 1 heterocycles. The summed E-state index contributed by atoms with van der Waals surface area (Å²) in [5, 5.41) is 12.6. The Bertz CT molecular complexity index is 882. The number of aromatic nitrogens is 2. The lowest BCUT2D eigenvalue weighted by atomic mass is 10.2. The van der Waals surface area contributed by atoms with E-state index in [1.807, 2.05) is 31.2 Å². The number of ether oxygens (including phenoxy) is 1. The molecule has 0 atom stereocenters. The van der Waals surface area contributed by atoms with Gasteiger partial charge < -0.3 is 4.74 Å². The van der Waals surface area contributed by atoms with Gasteiger partial charge in [-0.1, -0.05) is 41.1 Å². The molecule has 0 saturated carbocycles. The van der Waals surface area contributed by atoms with E-state index >= 15 is 0 Å². The molecule has 7 heteroatoms. The third kappa shape index (κ3) is 5.01. The lowest BCUT2D eigenvalue weighted by Gasteiger charge is -2.05. The zero-order valence-electron chi connectivity index (χ0n) is 13.5. The molecule has 25 heavy (non-hydrogen) atoms. The van der Waals surface area contributed by atoms with Gasteiger partial charge in [-0.05, 0) is 42.8 Å². The monoisotopic (exact) mass is 373 g/mol. The fourth-order valence-corrected chi connectivity index (χ4v) is 3.07. The van der Waals surface area contributed by atoms with Gasteiger partial charge in [0, 0.05) is 17.0 Å². The van der Waals surface area contributed by atoms with Crippen molar-refractivity contribution in [1.29, 1.82) is 0 Å². The van der Waals surface area contributed by atoms with E-state index in [9.17, 15) is 4.79 Å². The molecule has 3 rings (SSSR count). The Kier molecular flexibility index (Phi) is 5.63. The number of carbonyl (C=O) groups excluding carboxylic acids is 1. The Balaban J connectivity index is 1.53. The van der Waals surface area contributed by atoms with Crippen molar-refractivity contribution in [3.63, 3.8) is 0 Å². The third-order valence-corrected chi connectivity index (χ3v) is 4.48. The highest BCUT2D eigenvalue weighted by Crippen LogP contribution is 2.19. The zero-order chi connectivity index (χ0) is 17.6. The van der Waals surface area contributed by atoms with E-state index in [1.165, 1.54) is 11.3 Å². The van der Waals surface area contributed by atoms with Crippen LogP contribution in [-0.4, -0.2) is 22.7 Å². The highest BCUT2D eigenvalue weighted by Gasteiger charge is 2.10. The van der Waals surface area contributed by atoms with Gasteiger partial charge in [0.25, 0.3) is 5.91 Å². The maximum Gasteiger partial charge on any atom is 0.257 e. The number of hydrogen-bond donors (Lipinski definition) is 1. The molecule has 1 aromatic heterocycles. The van der Waals surface area contributed by atoms with Gasteiger partial charge in [-0.3, -0.25) is 10.1 Å². The summed E-state index contributed by atoms with van der Waals surface area (Å²) in [5.41, 5.74) is 1.63. The van der Waals surface area contributed by atoms with Gasteiger partial charge >= 0.3 is 0 Å². The van der Waals surface area contributed by atoms with Crippen molar-refractivity contribution in [2.24, 2.45) is 0 Å². The summed E-state index contributed by atoms with van der Waals surface area (Å²) in [6, 6.07) is 14.6. The third-order valence-electron chi connectivity index (χ3n) is 3.35. The van der Waals surface area contributed by atoms with Crippen LogP contribution in [0.5, 0.6) is 5.75 Å². The molecule has 0 spiro atoms. The van der Waals surface area contributed by atoms with Gasteiger partial charge in [0.2, 0.25) is 5.13 Å². The predicted molar refractivity (Wildman–Crippen MR) is 99.7 cm³/mol. The molecule has 0 radical (unpaired) electrons. The second kappa shape index (κ2) is 8.09. The van der Waals surface area contributed by atoms with Crippen molar-refractivity contribution < 1.29 is 9.53 Å². The molecule has 128 valence electrons. The minimum Gasteiger partial charge on any atom is -0.493 e. The van der Waals surface area contributed by atoms with Gasteiger partial charge in [-0.25, -0.2) is 0 Å². The number of anilines is 1. The molecule has 0 fully saturated rings. The van der Waals surface area contributed by atoms with Crippen LogP contribution in [0.3, 0.4) is 0 Å². The Morgan fingerprint density at radius 2 is 2.04 bits per heavy atom. The summed E-state index contributed by atoms with van der Waals surface area (Å²) in [7, 11) is 0. The smallest absolute Gasteiger partial charge is 0.257 e. The lowest BCUT2D eigenvalue weighted by molar-refractivity contribution is 0.102. The summed E-state index contributed by atoms with van der Waals surface area (Å²) in [6.07, 6.45) is 0.624. The van der Waals surface area contributed by atoms with Crippen LogP contribution >= 0.6 is 22.9 Å². The molecule has 0 bridgehead atoms. The molecule has 5 nitrogen and oxygen atoms in total. The van der Waals surface area contributed by atoms with Crippen molar-refractivity contribution in [2.45, 2.75) is 13.3 Å². The van der Waals surface area contributed by atoms with Gasteiger partial charge in [-0.2, -0.15) is 0 Å². The van der Waals surface area contributed by atoms with E-state index in [0.29, 0.717) is 28.7 Å². The number of benzene rings is 2. The van der Waals surface area contributed by atoms with Gasteiger partial charge in [0.1, 0.15) is 10.8 Å². The zero-order valence-corrected chi connectivity index (χ0v) is 15.1.